The van der Waals surface area contributed by atoms with Crippen molar-refractivity contribution in [1.82, 2.24) is 5.43 Å². The maximum atomic E-state index is 6.17. The molecule has 0 atom stereocenters. The molecule has 0 unspecified atom stereocenters. The van der Waals surface area contributed by atoms with E-state index in [0.29, 0.717) is 11.7 Å². The highest BCUT2D eigenvalue weighted by Crippen LogP contribution is 2.29. The SMILES string of the molecule is NNC1CCN(c2ccc(N)cc2Cl)CC1. The van der Waals surface area contributed by atoms with Crippen molar-refractivity contribution in [2.24, 2.45) is 5.84 Å². The van der Waals surface area contributed by atoms with E-state index < -0.39 is 0 Å². The number of rotatable bonds is 2. The molecule has 1 fully saturated rings. The number of nitrogen functional groups attached to an aromatic ring is 1. The quantitative estimate of drug-likeness (QED) is 0.415. The van der Waals surface area contributed by atoms with E-state index in [0.717, 1.165) is 36.6 Å². The van der Waals surface area contributed by atoms with Crippen molar-refractivity contribution < 1.29 is 0 Å². The zero-order valence-electron chi connectivity index (χ0n) is 9.12. The third-order valence-corrected chi connectivity index (χ3v) is 3.35. The van der Waals surface area contributed by atoms with Gasteiger partial charge in [0.25, 0.3) is 0 Å². The first kappa shape index (κ1) is 11.5. The maximum Gasteiger partial charge on any atom is 0.0660 e. The van der Waals surface area contributed by atoms with Gasteiger partial charge in [-0.3, -0.25) is 11.3 Å². The molecule has 1 saturated heterocycles. The van der Waals surface area contributed by atoms with Gasteiger partial charge in [0.1, 0.15) is 0 Å². The van der Waals surface area contributed by atoms with E-state index in [1.807, 2.05) is 12.1 Å². The van der Waals surface area contributed by atoms with Crippen LogP contribution in [-0.4, -0.2) is 19.1 Å². The Morgan fingerprint density at radius 1 is 1.31 bits per heavy atom. The van der Waals surface area contributed by atoms with Crippen LogP contribution in [0.2, 0.25) is 5.02 Å². The molecular weight excluding hydrogens is 224 g/mol. The summed E-state index contributed by atoms with van der Waals surface area (Å²) in [5.74, 6) is 5.43. The van der Waals surface area contributed by atoms with Crippen LogP contribution in [0, 0.1) is 0 Å². The highest BCUT2D eigenvalue weighted by molar-refractivity contribution is 6.33. The highest BCUT2D eigenvalue weighted by Gasteiger charge is 2.19. The lowest BCUT2D eigenvalue weighted by atomic mass is 10.1. The highest BCUT2D eigenvalue weighted by atomic mass is 35.5. The summed E-state index contributed by atoms with van der Waals surface area (Å²) in [5.41, 5.74) is 10.3. The standard InChI is InChI=1S/C11H17ClN4/c12-10-7-8(13)1-2-11(10)16-5-3-9(15-14)4-6-16/h1-2,7,9,15H,3-6,13-14H2. The molecule has 1 aliphatic rings. The van der Waals surface area contributed by atoms with Crippen LogP contribution in [0.3, 0.4) is 0 Å². The molecule has 88 valence electrons. The van der Waals surface area contributed by atoms with E-state index in [-0.39, 0.29) is 0 Å². The second-order valence-corrected chi connectivity index (χ2v) is 4.55. The molecule has 1 aromatic carbocycles. The third kappa shape index (κ3) is 2.40. The summed E-state index contributed by atoms with van der Waals surface area (Å²) in [6.45, 7) is 1.94. The number of benzene rings is 1. The first-order chi connectivity index (χ1) is 7.70. The van der Waals surface area contributed by atoms with Crippen molar-refractivity contribution in [3.63, 3.8) is 0 Å². The van der Waals surface area contributed by atoms with Crippen LogP contribution in [0.1, 0.15) is 12.8 Å². The fourth-order valence-electron chi connectivity index (χ4n) is 2.07. The number of nitrogens with one attached hydrogen (secondary N) is 1. The molecule has 1 heterocycles. The molecule has 0 saturated carbocycles. The summed E-state index contributed by atoms with van der Waals surface area (Å²) in [4.78, 5) is 2.27. The predicted molar refractivity (Wildman–Crippen MR) is 68.4 cm³/mol. The van der Waals surface area contributed by atoms with Gasteiger partial charge >= 0.3 is 0 Å². The van der Waals surface area contributed by atoms with Gasteiger partial charge in [0, 0.05) is 24.8 Å². The van der Waals surface area contributed by atoms with Gasteiger partial charge in [0.2, 0.25) is 0 Å². The zero-order chi connectivity index (χ0) is 11.5. The average molecular weight is 241 g/mol. The van der Waals surface area contributed by atoms with E-state index in [1.54, 1.807) is 6.07 Å². The van der Waals surface area contributed by atoms with Crippen LogP contribution in [0.4, 0.5) is 11.4 Å². The van der Waals surface area contributed by atoms with Gasteiger partial charge in [-0.25, -0.2) is 0 Å². The van der Waals surface area contributed by atoms with Crippen LogP contribution < -0.4 is 21.9 Å². The van der Waals surface area contributed by atoms with Gasteiger partial charge < -0.3 is 10.6 Å². The second-order valence-electron chi connectivity index (χ2n) is 4.14. The van der Waals surface area contributed by atoms with Gasteiger partial charge in [-0.05, 0) is 31.0 Å². The van der Waals surface area contributed by atoms with Crippen LogP contribution in [0.15, 0.2) is 18.2 Å². The number of nitrogens with two attached hydrogens (primary N) is 2. The van der Waals surface area contributed by atoms with Gasteiger partial charge in [-0.1, -0.05) is 11.6 Å². The molecule has 0 spiro atoms. The Labute approximate surface area is 101 Å². The first-order valence-electron chi connectivity index (χ1n) is 5.47. The van der Waals surface area contributed by atoms with Crippen LogP contribution >= 0.6 is 11.6 Å². The summed E-state index contributed by atoms with van der Waals surface area (Å²) in [6.07, 6.45) is 2.08. The van der Waals surface area contributed by atoms with Crippen molar-refractivity contribution in [2.75, 3.05) is 23.7 Å². The molecular formula is C11H17ClN4. The van der Waals surface area contributed by atoms with E-state index in [2.05, 4.69) is 10.3 Å². The van der Waals surface area contributed by atoms with Crippen molar-refractivity contribution in [3.05, 3.63) is 23.2 Å². The molecule has 0 aromatic heterocycles. The van der Waals surface area contributed by atoms with Crippen LogP contribution in [0.5, 0.6) is 0 Å². The molecule has 2 rings (SSSR count). The van der Waals surface area contributed by atoms with Crippen LogP contribution in [0.25, 0.3) is 0 Å². The molecule has 0 radical (unpaired) electrons. The summed E-state index contributed by atoms with van der Waals surface area (Å²) in [6, 6.07) is 6.08. The van der Waals surface area contributed by atoms with Gasteiger partial charge in [0.15, 0.2) is 0 Å². The summed E-state index contributed by atoms with van der Waals surface area (Å²) < 4.78 is 0. The molecule has 5 heteroatoms. The summed E-state index contributed by atoms with van der Waals surface area (Å²) in [5, 5.41) is 0.721. The van der Waals surface area contributed by atoms with Gasteiger partial charge in [0.05, 0.1) is 10.7 Å². The first-order valence-corrected chi connectivity index (χ1v) is 5.84. The Morgan fingerprint density at radius 3 is 2.56 bits per heavy atom. The topological polar surface area (TPSA) is 67.3 Å². The number of hydrogen-bond acceptors (Lipinski definition) is 4. The van der Waals surface area contributed by atoms with Crippen LogP contribution in [-0.2, 0) is 0 Å². The fourth-order valence-corrected chi connectivity index (χ4v) is 2.38. The molecule has 5 N–H and O–H groups in total. The van der Waals surface area contributed by atoms with Crippen molar-refractivity contribution in [1.29, 1.82) is 0 Å². The Hall–Kier alpha value is -0.970. The van der Waals surface area contributed by atoms with E-state index in [9.17, 15) is 0 Å². The van der Waals surface area contributed by atoms with Crippen molar-refractivity contribution in [2.45, 2.75) is 18.9 Å². The number of hydrogen-bond donors (Lipinski definition) is 3. The molecule has 0 amide bonds. The average Bonchev–Trinajstić information content (AvgIpc) is 2.29. The minimum atomic E-state index is 0.420. The zero-order valence-corrected chi connectivity index (χ0v) is 9.87. The number of hydrazine groups is 1. The largest absolute Gasteiger partial charge is 0.399 e. The second kappa shape index (κ2) is 4.91. The molecule has 1 aliphatic heterocycles. The molecule has 16 heavy (non-hydrogen) atoms. The monoisotopic (exact) mass is 240 g/mol. The fraction of sp³-hybridized carbons (Fsp3) is 0.455. The van der Waals surface area contributed by atoms with Gasteiger partial charge in [-0.15, -0.1) is 0 Å². The summed E-state index contributed by atoms with van der Waals surface area (Å²) >= 11 is 6.17. The maximum absolute atomic E-state index is 6.17. The number of halogens is 1. The third-order valence-electron chi connectivity index (χ3n) is 3.04. The Kier molecular flexibility index (Phi) is 3.53. The van der Waals surface area contributed by atoms with E-state index in [1.165, 1.54) is 0 Å². The van der Waals surface area contributed by atoms with Gasteiger partial charge in [-0.2, -0.15) is 0 Å². The van der Waals surface area contributed by atoms with E-state index >= 15 is 0 Å². The lowest BCUT2D eigenvalue weighted by molar-refractivity contribution is 0.423. The Bertz CT molecular complexity index is 361. The molecule has 4 nitrogen and oxygen atoms in total. The molecule has 0 aliphatic carbocycles. The summed E-state index contributed by atoms with van der Waals surface area (Å²) in [7, 11) is 0. The lowest BCUT2D eigenvalue weighted by Gasteiger charge is -2.33. The predicted octanol–water partition coefficient (Wildman–Crippen LogP) is 1.35. The number of piperidine rings is 1. The smallest absolute Gasteiger partial charge is 0.0660 e. The molecule has 1 aromatic rings. The number of nitrogens with zero attached hydrogens (tertiary/aromatic N) is 1. The van der Waals surface area contributed by atoms with E-state index in [4.69, 9.17) is 23.2 Å². The van der Waals surface area contributed by atoms with Crippen molar-refractivity contribution >= 4 is 23.0 Å². The number of anilines is 2. The van der Waals surface area contributed by atoms with Crippen molar-refractivity contribution in [3.8, 4) is 0 Å². The lowest BCUT2D eigenvalue weighted by Crippen LogP contribution is -2.45. The Morgan fingerprint density at radius 2 is 2.00 bits per heavy atom. The minimum absolute atomic E-state index is 0.420. The minimum Gasteiger partial charge on any atom is -0.399 e. The Balaban J connectivity index is 2.08. The normalized spacial score (nSPS) is 17.8. The molecule has 0 bridgehead atoms.